The summed E-state index contributed by atoms with van der Waals surface area (Å²) < 4.78 is 10.8. The predicted octanol–water partition coefficient (Wildman–Crippen LogP) is 3.56. The van der Waals surface area contributed by atoms with E-state index in [4.69, 9.17) is 9.47 Å². The molecular weight excluding hydrogens is 436 g/mol. The van der Waals surface area contributed by atoms with Crippen molar-refractivity contribution in [2.75, 3.05) is 40.9 Å². The largest absolute Gasteiger partial charge is 0.507 e. The van der Waals surface area contributed by atoms with Crippen molar-refractivity contribution in [2.45, 2.75) is 25.8 Å². The molecule has 0 saturated carbocycles. The van der Waals surface area contributed by atoms with Crippen LogP contribution in [-0.2, 0) is 9.59 Å². The number of carbonyl (C=O) groups excluding carboxylic acids is 2. The zero-order valence-electron chi connectivity index (χ0n) is 20.1. The van der Waals surface area contributed by atoms with Crippen LogP contribution in [0.2, 0.25) is 0 Å². The molecule has 8 heteroatoms. The molecule has 1 aliphatic heterocycles. The summed E-state index contributed by atoms with van der Waals surface area (Å²) in [5.41, 5.74) is 0.971. The molecule has 0 bridgehead atoms. The monoisotopic (exact) mass is 468 g/mol. The first-order valence-corrected chi connectivity index (χ1v) is 11.3. The molecule has 2 aromatic carbocycles. The average Bonchev–Trinajstić information content (AvgIpc) is 3.07. The second-order valence-electron chi connectivity index (χ2n) is 8.45. The molecule has 1 fully saturated rings. The van der Waals surface area contributed by atoms with E-state index in [1.165, 1.54) is 18.1 Å². The highest BCUT2D eigenvalue weighted by molar-refractivity contribution is 6.46. The van der Waals surface area contributed by atoms with Crippen LogP contribution in [0.5, 0.6) is 17.2 Å². The molecule has 1 atom stereocenters. The second-order valence-corrected chi connectivity index (χ2v) is 8.45. The van der Waals surface area contributed by atoms with Crippen molar-refractivity contribution >= 4 is 17.4 Å². The van der Waals surface area contributed by atoms with Crippen molar-refractivity contribution in [3.63, 3.8) is 0 Å². The van der Waals surface area contributed by atoms with E-state index >= 15 is 0 Å². The van der Waals surface area contributed by atoms with Crippen LogP contribution in [0.3, 0.4) is 0 Å². The molecule has 1 heterocycles. The maximum Gasteiger partial charge on any atom is 0.295 e. The molecule has 2 N–H and O–H groups in total. The van der Waals surface area contributed by atoms with Crippen LogP contribution in [0.15, 0.2) is 48.0 Å². The normalized spacial score (nSPS) is 17.4. The molecule has 0 radical (unpaired) electrons. The van der Waals surface area contributed by atoms with Crippen LogP contribution < -0.4 is 9.47 Å². The van der Waals surface area contributed by atoms with E-state index < -0.39 is 17.7 Å². The number of rotatable bonds is 10. The number of phenolic OH excluding ortho intramolecular Hbond substituents is 1. The smallest absolute Gasteiger partial charge is 0.295 e. The van der Waals surface area contributed by atoms with Crippen LogP contribution >= 0.6 is 0 Å². The molecule has 1 saturated heterocycles. The number of methoxy groups -OCH3 is 1. The number of hydrogen-bond donors (Lipinski definition) is 2. The van der Waals surface area contributed by atoms with Crippen LogP contribution in [0.1, 0.15) is 36.9 Å². The third-order valence-corrected chi connectivity index (χ3v) is 5.66. The van der Waals surface area contributed by atoms with E-state index in [9.17, 15) is 19.8 Å². The van der Waals surface area contributed by atoms with Gasteiger partial charge in [0, 0.05) is 12.1 Å². The molecule has 0 aromatic heterocycles. The van der Waals surface area contributed by atoms with Gasteiger partial charge in [0.2, 0.25) is 0 Å². The van der Waals surface area contributed by atoms with E-state index in [-0.39, 0.29) is 22.8 Å². The van der Waals surface area contributed by atoms with Gasteiger partial charge in [0.05, 0.1) is 25.3 Å². The predicted molar refractivity (Wildman–Crippen MR) is 129 cm³/mol. The van der Waals surface area contributed by atoms with E-state index in [0.717, 1.165) is 13.0 Å². The van der Waals surface area contributed by atoms with Gasteiger partial charge in [-0.15, -0.1) is 0 Å². The van der Waals surface area contributed by atoms with Gasteiger partial charge in [0.1, 0.15) is 11.5 Å². The fourth-order valence-corrected chi connectivity index (χ4v) is 3.96. The lowest BCUT2D eigenvalue weighted by atomic mass is 9.95. The van der Waals surface area contributed by atoms with Gasteiger partial charge in [-0.3, -0.25) is 9.59 Å². The highest BCUT2D eigenvalue weighted by Gasteiger charge is 2.46. The zero-order valence-corrected chi connectivity index (χ0v) is 20.1. The molecule has 34 heavy (non-hydrogen) atoms. The average molecular weight is 469 g/mol. The van der Waals surface area contributed by atoms with E-state index in [1.807, 2.05) is 25.9 Å². The lowest BCUT2D eigenvalue weighted by Gasteiger charge is -2.26. The minimum absolute atomic E-state index is 0.00447. The van der Waals surface area contributed by atoms with Gasteiger partial charge >= 0.3 is 0 Å². The van der Waals surface area contributed by atoms with Gasteiger partial charge in [-0.1, -0.05) is 13.0 Å². The number of aliphatic hydroxyl groups is 1. The minimum Gasteiger partial charge on any atom is -0.507 e. The standard InChI is InChI=1S/C26H32N2O6/c1-5-15-34-19-10-7-17(8-11-19)24(30)22-23(18-9-12-20(29)21(16-18)33-4)28(26(32)25(22)31)14-6-13-27(2)3/h7-12,16,23,29-30H,5-6,13-15H2,1-4H3/b24-22-. The number of Topliss-reactive ketones (excluding diaryl/α,β-unsaturated/α-hetero) is 1. The Morgan fingerprint density at radius 1 is 1.12 bits per heavy atom. The molecule has 2 aromatic rings. The van der Waals surface area contributed by atoms with Crippen LogP contribution in [0.25, 0.3) is 5.76 Å². The summed E-state index contributed by atoms with van der Waals surface area (Å²) >= 11 is 0. The number of carbonyl (C=O) groups is 2. The fourth-order valence-electron chi connectivity index (χ4n) is 3.96. The Bertz CT molecular complexity index is 1060. The van der Waals surface area contributed by atoms with Crippen LogP contribution in [0.4, 0.5) is 0 Å². The third kappa shape index (κ3) is 5.34. The second kappa shape index (κ2) is 11.1. The minimum atomic E-state index is -0.812. The summed E-state index contributed by atoms with van der Waals surface area (Å²) in [6, 6.07) is 10.6. The van der Waals surface area contributed by atoms with Crippen molar-refractivity contribution < 1.29 is 29.3 Å². The molecule has 1 amide bonds. The Morgan fingerprint density at radius 3 is 2.44 bits per heavy atom. The number of benzene rings is 2. The van der Waals surface area contributed by atoms with Crippen molar-refractivity contribution in [3.8, 4) is 17.2 Å². The summed E-state index contributed by atoms with van der Waals surface area (Å²) in [4.78, 5) is 29.6. The molecule has 0 spiro atoms. The maximum atomic E-state index is 13.1. The number of ketones is 1. The molecule has 3 rings (SSSR count). The number of ether oxygens (including phenoxy) is 2. The number of hydrogen-bond acceptors (Lipinski definition) is 7. The van der Waals surface area contributed by atoms with Gasteiger partial charge in [-0.05, 0) is 75.4 Å². The zero-order chi connectivity index (χ0) is 24.8. The number of likely N-dealkylation sites (tertiary alicyclic amines) is 1. The van der Waals surface area contributed by atoms with E-state index in [1.54, 1.807) is 36.4 Å². The fraction of sp³-hybridized carbons (Fsp3) is 0.385. The summed E-state index contributed by atoms with van der Waals surface area (Å²) in [6.45, 7) is 3.65. The molecule has 1 aliphatic rings. The summed E-state index contributed by atoms with van der Waals surface area (Å²) in [7, 11) is 5.30. The Hall–Kier alpha value is -3.52. The van der Waals surface area contributed by atoms with Crippen LogP contribution in [-0.4, -0.2) is 72.6 Å². The SMILES string of the molecule is CCCOc1ccc(/C(O)=C2/C(=O)C(=O)N(CCCN(C)C)C2c2ccc(O)c(OC)c2)cc1. The number of nitrogens with zero attached hydrogens (tertiary/aromatic N) is 2. The molecule has 0 aliphatic carbocycles. The molecule has 8 nitrogen and oxygen atoms in total. The number of aromatic hydroxyl groups is 1. The maximum absolute atomic E-state index is 13.1. The van der Waals surface area contributed by atoms with E-state index in [0.29, 0.717) is 36.4 Å². The third-order valence-electron chi connectivity index (χ3n) is 5.66. The first kappa shape index (κ1) is 25.1. The summed E-state index contributed by atoms with van der Waals surface area (Å²) in [5, 5.41) is 21.2. The highest BCUT2D eigenvalue weighted by Crippen LogP contribution is 2.41. The molecule has 182 valence electrons. The first-order valence-electron chi connectivity index (χ1n) is 11.3. The topological polar surface area (TPSA) is 99.5 Å². The van der Waals surface area contributed by atoms with E-state index in [2.05, 4.69) is 0 Å². The Kier molecular flexibility index (Phi) is 8.17. The number of phenols is 1. The van der Waals surface area contributed by atoms with Crippen molar-refractivity contribution in [2.24, 2.45) is 0 Å². The Morgan fingerprint density at radius 2 is 1.82 bits per heavy atom. The van der Waals surface area contributed by atoms with Crippen molar-refractivity contribution in [1.29, 1.82) is 0 Å². The quantitative estimate of drug-likeness (QED) is 0.312. The van der Waals surface area contributed by atoms with Gasteiger partial charge < -0.3 is 29.5 Å². The van der Waals surface area contributed by atoms with Crippen molar-refractivity contribution in [1.82, 2.24) is 9.80 Å². The van der Waals surface area contributed by atoms with Crippen LogP contribution in [0, 0.1) is 0 Å². The van der Waals surface area contributed by atoms with Gasteiger partial charge in [-0.2, -0.15) is 0 Å². The number of amides is 1. The first-order chi connectivity index (χ1) is 16.3. The summed E-state index contributed by atoms with van der Waals surface area (Å²) in [5.74, 6) is -0.854. The summed E-state index contributed by atoms with van der Waals surface area (Å²) in [6.07, 6.45) is 1.52. The van der Waals surface area contributed by atoms with Crippen molar-refractivity contribution in [3.05, 3.63) is 59.2 Å². The number of aliphatic hydroxyl groups excluding tert-OH is 1. The molecule has 1 unspecified atom stereocenters. The Balaban J connectivity index is 2.06. The lowest BCUT2D eigenvalue weighted by molar-refractivity contribution is -0.139. The van der Waals surface area contributed by atoms with Gasteiger partial charge in [-0.25, -0.2) is 0 Å². The highest BCUT2D eigenvalue weighted by atomic mass is 16.5. The lowest BCUT2D eigenvalue weighted by Crippen LogP contribution is -2.32. The Labute approximate surface area is 200 Å². The van der Waals surface area contributed by atoms with Gasteiger partial charge in [0.15, 0.2) is 11.5 Å². The van der Waals surface area contributed by atoms with Gasteiger partial charge in [0.25, 0.3) is 11.7 Å². The molecular formula is C26H32N2O6.